The lowest BCUT2D eigenvalue weighted by molar-refractivity contribution is -0.0169. The number of fused-ring (bicyclic) bond motifs is 1. The quantitative estimate of drug-likeness (QED) is 0.103. The molecule has 2 aromatic rings. The zero-order valence-corrected chi connectivity index (χ0v) is 26.0. The molecule has 0 unspecified atom stereocenters. The van der Waals surface area contributed by atoms with Gasteiger partial charge in [0.2, 0.25) is 5.95 Å². The molecule has 1 fully saturated rings. The van der Waals surface area contributed by atoms with Crippen molar-refractivity contribution in [1.29, 1.82) is 0 Å². The van der Waals surface area contributed by atoms with E-state index in [1.54, 1.807) is 10.9 Å². The molecule has 4 N–H and O–H groups in total. The van der Waals surface area contributed by atoms with Crippen LogP contribution in [0.1, 0.15) is 110 Å². The number of rotatable bonds is 23. The van der Waals surface area contributed by atoms with Gasteiger partial charge in [-0.25, -0.2) is 4.98 Å². The van der Waals surface area contributed by atoms with Crippen molar-refractivity contribution < 1.29 is 23.1 Å². The van der Waals surface area contributed by atoms with E-state index in [1.165, 1.54) is 96.3 Å². The third-order valence-electron chi connectivity index (χ3n) is 7.49. The number of hydrogen-bond donors (Lipinski definition) is 2. The fourth-order valence-corrected chi connectivity index (χ4v) is 6.45. The predicted molar refractivity (Wildman–Crippen MR) is 164 cm³/mol. The molecule has 0 amide bonds. The molecule has 2 atom stereocenters. The van der Waals surface area contributed by atoms with Crippen LogP contribution in [0.5, 0.6) is 0 Å². The van der Waals surface area contributed by atoms with Crippen LogP contribution in [0.3, 0.4) is 0 Å². The molecule has 0 saturated carbocycles. The van der Waals surface area contributed by atoms with Gasteiger partial charge in [-0.1, -0.05) is 103 Å². The van der Waals surface area contributed by atoms with Crippen molar-refractivity contribution in [2.24, 2.45) is 0 Å². The SMILES string of the molecule is CCCCCCCCCCCCCCCCCCOCCO[P@]1(=O)CO[C@@H](Cn2cnc3c(N)nc(N)nc32)CO1. The molecule has 1 aliphatic heterocycles. The van der Waals surface area contributed by atoms with Gasteiger partial charge in [0.1, 0.15) is 18.0 Å². The first kappa shape index (κ1) is 33.7. The van der Waals surface area contributed by atoms with Crippen molar-refractivity contribution in [3.8, 4) is 0 Å². The molecule has 3 heterocycles. The van der Waals surface area contributed by atoms with Crippen molar-refractivity contribution in [2.75, 3.05) is 44.2 Å². The van der Waals surface area contributed by atoms with E-state index in [4.69, 9.17) is 30.0 Å². The van der Waals surface area contributed by atoms with Crippen LogP contribution in [0.25, 0.3) is 11.2 Å². The monoisotopic (exact) mass is 596 g/mol. The van der Waals surface area contributed by atoms with Crippen molar-refractivity contribution in [1.82, 2.24) is 19.5 Å². The Bertz CT molecular complexity index is 1030. The molecule has 0 spiro atoms. The first-order valence-corrected chi connectivity index (χ1v) is 17.5. The second kappa shape index (κ2) is 19.4. The Kier molecular flexibility index (Phi) is 16.0. The van der Waals surface area contributed by atoms with Crippen molar-refractivity contribution in [3.63, 3.8) is 0 Å². The van der Waals surface area contributed by atoms with Crippen LogP contribution in [0.2, 0.25) is 0 Å². The Morgan fingerprint density at radius 2 is 1.49 bits per heavy atom. The second-order valence-electron chi connectivity index (χ2n) is 11.1. The molecule has 0 radical (unpaired) electrons. The smallest absolute Gasteiger partial charge is 0.356 e. The molecule has 11 nitrogen and oxygen atoms in total. The number of hydrogen-bond acceptors (Lipinski definition) is 10. The van der Waals surface area contributed by atoms with E-state index >= 15 is 0 Å². The molecular weight excluding hydrogens is 543 g/mol. The molecule has 3 rings (SSSR count). The van der Waals surface area contributed by atoms with E-state index in [2.05, 4.69) is 21.9 Å². The van der Waals surface area contributed by atoms with Crippen LogP contribution in [-0.4, -0.2) is 58.4 Å². The topological polar surface area (TPSA) is 150 Å². The Labute approximate surface area is 246 Å². The predicted octanol–water partition coefficient (Wildman–Crippen LogP) is 6.85. The Balaban J connectivity index is 1.10. The summed E-state index contributed by atoms with van der Waals surface area (Å²) in [6.07, 6.45) is 22.8. The summed E-state index contributed by atoms with van der Waals surface area (Å²) in [5, 5.41) is 0. The zero-order valence-electron chi connectivity index (χ0n) is 25.1. The van der Waals surface area contributed by atoms with Gasteiger partial charge in [-0.15, -0.1) is 0 Å². The van der Waals surface area contributed by atoms with Crippen LogP contribution in [0.4, 0.5) is 11.8 Å². The van der Waals surface area contributed by atoms with Crippen molar-refractivity contribution in [3.05, 3.63) is 6.33 Å². The first-order valence-electron chi connectivity index (χ1n) is 15.8. The van der Waals surface area contributed by atoms with Gasteiger partial charge in [0.05, 0.1) is 32.7 Å². The highest BCUT2D eigenvalue weighted by Crippen LogP contribution is 2.50. The summed E-state index contributed by atoms with van der Waals surface area (Å²) < 4.78 is 37.0. The van der Waals surface area contributed by atoms with E-state index in [9.17, 15) is 4.57 Å². The Morgan fingerprint density at radius 1 is 0.878 bits per heavy atom. The molecular formula is C29H53N6O5P. The fraction of sp³-hybridized carbons (Fsp3) is 0.828. The second-order valence-corrected chi connectivity index (χ2v) is 13.1. The number of anilines is 2. The summed E-state index contributed by atoms with van der Waals surface area (Å²) >= 11 is 0. The number of ether oxygens (including phenoxy) is 2. The van der Waals surface area contributed by atoms with Crippen LogP contribution < -0.4 is 11.5 Å². The molecule has 0 aromatic carbocycles. The van der Waals surface area contributed by atoms with Gasteiger partial charge in [0, 0.05) is 6.61 Å². The number of imidazole rings is 1. The average Bonchev–Trinajstić information content (AvgIpc) is 3.36. The van der Waals surface area contributed by atoms with Crippen molar-refractivity contribution in [2.45, 2.75) is 122 Å². The van der Waals surface area contributed by atoms with Gasteiger partial charge in [0.15, 0.2) is 11.5 Å². The van der Waals surface area contributed by atoms with E-state index < -0.39 is 7.60 Å². The minimum Gasteiger partial charge on any atom is -0.382 e. The fourth-order valence-electron chi connectivity index (χ4n) is 5.08. The van der Waals surface area contributed by atoms with Crippen molar-refractivity contribution >= 4 is 30.5 Å². The molecule has 41 heavy (non-hydrogen) atoms. The molecule has 2 aromatic heterocycles. The number of nitrogens with two attached hydrogens (primary N) is 2. The van der Waals surface area contributed by atoms with E-state index in [1.807, 2.05) is 0 Å². The van der Waals surface area contributed by atoms with Gasteiger partial charge < -0.3 is 34.6 Å². The highest BCUT2D eigenvalue weighted by molar-refractivity contribution is 7.53. The first-order chi connectivity index (χ1) is 20.0. The number of unbranched alkanes of at least 4 members (excludes halogenated alkanes) is 15. The average molecular weight is 597 g/mol. The van der Waals surface area contributed by atoms with Gasteiger partial charge in [-0.3, -0.25) is 4.57 Å². The lowest BCUT2D eigenvalue weighted by Crippen LogP contribution is -2.30. The third-order valence-corrected chi connectivity index (χ3v) is 9.08. The highest BCUT2D eigenvalue weighted by Gasteiger charge is 2.33. The minimum atomic E-state index is -3.29. The Morgan fingerprint density at radius 3 is 2.07 bits per heavy atom. The normalized spacial score (nSPS) is 19.3. The maximum Gasteiger partial charge on any atom is 0.356 e. The van der Waals surface area contributed by atoms with Crippen LogP contribution in [-0.2, 0) is 29.6 Å². The largest absolute Gasteiger partial charge is 0.382 e. The van der Waals surface area contributed by atoms with Gasteiger partial charge in [-0.2, -0.15) is 9.97 Å². The molecule has 0 bridgehead atoms. The molecule has 12 heteroatoms. The summed E-state index contributed by atoms with van der Waals surface area (Å²) in [7, 11) is -3.29. The summed E-state index contributed by atoms with van der Waals surface area (Å²) in [5.41, 5.74) is 12.6. The van der Waals surface area contributed by atoms with E-state index in [0.29, 0.717) is 30.9 Å². The maximum absolute atomic E-state index is 12.8. The molecule has 0 aliphatic carbocycles. The summed E-state index contributed by atoms with van der Waals surface area (Å²) in [4.78, 5) is 12.4. The Hall–Kier alpha value is -1.78. The third kappa shape index (κ3) is 13.0. The van der Waals surface area contributed by atoms with Crippen LogP contribution >= 0.6 is 7.60 Å². The summed E-state index contributed by atoms with van der Waals surface area (Å²) in [5.74, 6) is 0.300. The zero-order chi connectivity index (χ0) is 29.2. The molecule has 1 saturated heterocycles. The highest BCUT2D eigenvalue weighted by atomic mass is 31.2. The van der Waals surface area contributed by atoms with E-state index in [0.717, 1.165) is 6.42 Å². The minimum absolute atomic E-state index is 0.0764. The number of nitrogens with zero attached hydrogens (tertiary/aromatic N) is 4. The van der Waals surface area contributed by atoms with Crippen LogP contribution in [0.15, 0.2) is 6.33 Å². The lowest BCUT2D eigenvalue weighted by atomic mass is 10.0. The molecule has 1 aliphatic rings. The summed E-state index contributed by atoms with van der Waals surface area (Å²) in [6, 6.07) is 0. The lowest BCUT2D eigenvalue weighted by Gasteiger charge is -2.29. The summed E-state index contributed by atoms with van der Waals surface area (Å²) in [6.45, 7) is 4.11. The molecule has 234 valence electrons. The van der Waals surface area contributed by atoms with Gasteiger partial charge >= 0.3 is 7.60 Å². The standard InChI is InChI=1S/C29H53N6O5P/c1-2-3-4-5-6-7-8-9-10-11-12-13-14-15-16-17-18-37-19-20-39-41(36)24-38-25(22-40-41)21-35-23-32-26-27(30)33-29(31)34-28(26)35/h23,25H,2-22,24H2,1H3,(H4,30,31,33,34)/t25-,41+/m0/s1. The number of aromatic nitrogens is 4. The number of nitrogen functional groups attached to an aromatic ring is 2. The van der Waals surface area contributed by atoms with E-state index in [-0.39, 0.29) is 37.4 Å². The van der Waals surface area contributed by atoms with Gasteiger partial charge in [-0.05, 0) is 6.42 Å². The maximum atomic E-state index is 12.8. The van der Waals surface area contributed by atoms with Gasteiger partial charge in [0.25, 0.3) is 0 Å². The van der Waals surface area contributed by atoms with Crippen LogP contribution in [0, 0.1) is 0 Å².